The molecule has 0 saturated heterocycles. The van der Waals surface area contributed by atoms with Crippen LogP contribution in [0.4, 0.5) is 4.39 Å². The Kier molecular flexibility index (Phi) is 4.02. The molecule has 0 spiro atoms. The second kappa shape index (κ2) is 5.79. The van der Waals surface area contributed by atoms with Crippen LogP contribution in [0.15, 0.2) is 23.4 Å². The van der Waals surface area contributed by atoms with E-state index >= 15 is 0 Å². The highest BCUT2D eigenvalue weighted by Gasteiger charge is 2.21. The highest BCUT2D eigenvalue weighted by molar-refractivity contribution is 7.99. The Balaban J connectivity index is 1.90. The van der Waals surface area contributed by atoms with Crippen molar-refractivity contribution in [3.63, 3.8) is 0 Å². The minimum absolute atomic E-state index is 0.238. The molecule has 21 heavy (non-hydrogen) atoms. The van der Waals surface area contributed by atoms with Crippen molar-refractivity contribution in [2.45, 2.75) is 44.7 Å². The Morgan fingerprint density at radius 1 is 1.33 bits per heavy atom. The number of rotatable bonds is 5. The van der Waals surface area contributed by atoms with Crippen molar-refractivity contribution in [2.75, 3.05) is 5.75 Å². The number of halogens is 1. The van der Waals surface area contributed by atoms with E-state index in [0.717, 1.165) is 17.2 Å². The van der Waals surface area contributed by atoms with E-state index in [1.807, 2.05) is 11.8 Å². The molecule has 3 rings (SSSR count). The van der Waals surface area contributed by atoms with Gasteiger partial charge in [0.15, 0.2) is 12.0 Å². The van der Waals surface area contributed by atoms with Gasteiger partial charge in [-0.3, -0.25) is 0 Å². The zero-order valence-electron chi connectivity index (χ0n) is 12.6. The van der Waals surface area contributed by atoms with Gasteiger partial charge in [-0.25, -0.2) is 14.1 Å². The van der Waals surface area contributed by atoms with Crippen molar-refractivity contribution in [2.24, 2.45) is 5.92 Å². The third-order valence-electron chi connectivity index (χ3n) is 3.78. The van der Waals surface area contributed by atoms with E-state index in [2.05, 4.69) is 36.1 Å². The zero-order valence-corrected chi connectivity index (χ0v) is 13.5. The molecule has 0 bridgehead atoms. The quantitative estimate of drug-likeness (QED) is 0.766. The van der Waals surface area contributed by atoms with Crippen molar-refractivity contribution in [1.29, 1.82) is 0 Å². The first-order valence-electron chi connectivity index (χ1n) is 7.34. The van der Waals surface area contributed by atoms with Gasteiger partial charge >= 0.3 is 0 Å². The van der Waals surface area contributed by atoms with E-state index in [0.29, 0.717) is 0 Å². The van der Waals surface area contributed by atoms with E-state index < -0.39 is 6.17 Å². The summed E-state index contributed by atoms with van der Waals surface area (Å²) in [7, 11) is 0. The number of aromatic nitrogens is 3. The van der Waals surface area contributed by atoms with Gasteiger partial charge in [-0.15, -0.1) is 16.9 Å². The van der Waals surface area contributed by atoms with Crippen LogP contribution in [0, 0.1) is 19.8 Å². The lowest BCUT2D eigenvalue weighted by molar-refractivity contribution is 0.356. The standard InChI is InChI=1S/C16H20FN3S/c1-10-6-11(2)15(21-8-13-4-5-13)7-14(10)20-9-18-16(19-20)12(3)17/h6-7,9,12-13H,4-5,8H2,1-3H3. The molecule has 1 aromatic carbocycles. The molecular weight excluding hydrogens is 285 g/mol. The predicted molar refractivity (Wildman–Crippen MR) is 83.8 cm³/mol. The molecule has 1 saturated carbocycles. The van der Waals surface area contributed by atoms with Gasteiger partial charge in [0.25, 0.3) is 0 Å². The van der Waals surface area contributed by atoms with Crippen LogP contribution in [0.25, 0.3) is 5.69 Å². The maximum atomic E-state index is 13.3. The first kappa shape index (κ1) is 14.6. The average Bonchev–Trinajstić information content (AvgIpc) is 3.12. The van der Waals surface area contributed by atoms with Crippen molar-refractivity contribution in [3.8, 4) is 5.69 Å². The molecule has 2 aromatic rings. The number of hydrogen-bond acceptors (Lipinski definition) is 3. The molecule has 3 nitrogen and oxygen atoms in total. The molecule has 112 valence electrons. The minimum Gasteiger partial charge on any atom is -0.239 e. The van der Waals surface area contributed by atoms with Gasteiger partial charge in [-0.1, -0.05) is 6.07 Å². The highest BCUT2D eigenvalue weighted by Crippen LogP contribution is 2.37. The third-order valence-corrected chi connectivity index (χ3v) is 5.17. The van der Waals surface area contributed by atoms with Crippen LogP contribution in [0.1, 0.15) is 42.9 Å². The summed E-state index contributed by atoms with van der Waals surface area (Å²) in [6.07, 6.45) is 3.19. The fourth-order valence-corrected chi connectivity index (χ4v) is 3.52. The minimum atomic E-state index is -1.14. The van der Waals surface area contributed by atoms with E-state index in [-0.39, 0.29) is 5.82 Å². The van der Waals surface area contributed by atoms with Crippen molar-refractivity contribution in [1.82, 2.24) is 14.8 Å². The van der Waals surface area contributed by atoms with Gasteiger partial charge in [0, 0.05) is 10.6 Å². The summed E-state index contributed by atoms with van der Waals surface area (Å²) < 4.78 is 15.0. The smallest absolute Gasteiger partial charge is 0.184 e. The highest BCUT2D eigenvalue weighted by atomic mass is 32.2. The third kappa shape index (κ3) is 3.28. The monoisotopic (exact) mass is 305 g/mol. The van der Waals surface area contributed by atoms with Crippen LogP contribution < -0.4 is 0 Å². The van der Waals surface area contributed by atoms with Crippen LogP contribution in [0.2, 0.25) is 0 Å². The average molecular weight is 305 g/mol. The second-order valence-electron chi connectivity index (χ2n) is 5.82. The van der Waals surface area contributed by atoms with E-state index in [4.69, 9.17) is 0 Å². The van der Waals surface area contributed by atoms with E-state index in [1.165, 1.54) is 36.0 Å². The van der Waals surface area contributed by atoms with Crippen molar-refractivity contribution < 1.29 is 4.39 Å². The number of aryl methyl sites for hydroxylation is 2. The Morgan fingerprint density at radius 3 is 2.71 bits per heavy atom. The van der Waals surface area contributed by atoms with Crippen LogP contribution in [0.5, 0.6) is 0 Å². The maximum absolute atomic E-state index is 13.3. The number of hydrogen-bond donors (Lipinski definition) is 0. The Bertz CT molecular complexity index is 647. The fourth-order valence-electron chi connectivity index (χ4n) is 2.29. The van der Waals surface area contributed by atoms with Crippen LogP contribution in [-0.2, 0) is 0 Å². The molecule has 1 aromatic heterocycles. The lowest BCUT2D eigenvalue weighted by Gasteiger charge is -2.11. The van der Waals surface area contributed by atoms with Gasteiger partial charge in [0.05, 0.1) is 5.69 Å². The largest absolute Gasteiger partial charge is 0.239 e. The summed E-state index contributed by atoms with van der Waals surface area (Å²) >= 11 is 1.91. The molecule has 0 N–H and O–H groups in total. The molecule has 1 heterocycles. The molecule has 5 heteroatoms. The summed E-state index contributed by atoms with van der Waals surface area (Å²) in [5, 5.41) is 4.24. The van der Waals surface area contributed by atoms with Crippen LogP contribution >= 0.6 is 11.8 Å². The second-order valence-corrected chi connectivity index (χ2v) is 6.88. The van der Waals surface area contributed by atoms with Gasteiger partial charge < -0.3 is 0 Å². The first-order chi connectivity index (χ1) is 10.0. The number of alkyl halides is 1. The SMILES string of the molecule is Cc1cc(C)c(-n2cnc(C(C)F)n2)cc1SCC1CC1. The maximum Gasteiger partial charge on any atom is 0.184 e. The summed E-state index contributed by atoms with van der Waals surface area (Å²) in [6.45, 7) is 5.65. The number of nitrogens with zero attached hydrogens (tertiary/aromatic N) is 3. The molecule has 1 aliphatic rings. The molecule has 1 fully saturated rings. The van der Waals surface area contributed by atoms with Gasteiger partial charge in [-0.05, 0) is 56.7 Å². The normalized spacial score (nSPS) is 16.2. The number of thioether (sulfide) groups is 1. The van der Waals surface area contributed by atoms with Gasteiger partial charge in [0.2, 0.25) is 0 Å². The van der Waals surface area contributed by atoms with Gasteiger partial charge in [0.1, 0.15) is 6.33 Å². The zero-order chi connectivity index (χ0) is 15.0. The molecule has 0 amide bonds. The Hall–Kier alpha value is -1.36. The summed E-state index contributed by atoms with van der Waals surface area (Å²) in [6, 6.07) is 4.32. The topological polar surface area (TPSA) is 30.7 Å². The summed E-state index contributed by atoms with van der Waals surface area (Å²) in [5.74, 6) is 2.32. The first-order valence-corrected chi connectivity index (χ1v) is 8.33. The van der Waals surface area contributed by atoms with E-state index in [9.17, 15) is 4.39 Å². The lowest BCUT2D eigenvalue weighted by Crippen LogP contribution is -2.01. The molecular formula is C16H20FN3S. The molecule has 1 unspecified atom stereocenters. The van der Waals surface area contributed by atoms with Gasteiger partial charge in [-0.2, -0.15) is 0 Å². The van der Waals surface area contributed by atoms with Crippen LogP contribution in [0.3, 0.4) is 0 Å². The molecule has 1 atom stereocenters. The number of benzene rings is 1. The Morgan fingerprint density at radius 2 is 2.10 bits per heavy atom. The molecule has 1 aliphatic carbocycles. The van der Waals surface area contributed by atoms with Crippen LogP contribution in [-0.4, -0.2) is 20.5 Å². The summed E-state index contributed by atoms with van der Waals surface area (Å²) in [5.41, 5.74) is 3.41. The molecule has 0 aliphatic heterocycles. The molecule has 0 radical (unpaired) electrons. The lowest BCUT2D eigenvalue weighted by atomic mass is 10.1. The van der Waals surface area contributed by atoms with E-state index in [1.54, 1.807) is 11.0 Å². The summed E-state index contributed by atoms with van der Waals surface area (Å²) in [4.78, 5) is 5.32. The van der Waals surface area contributed by atoms with Crippen molar-refractivity contribution in [3.05, 3.63) is 35.4 Å². The Labute approximate surface area is 129 Å². The fraction of sp³-hybridized carbons (Fsp3) is 0.500. The predicted octanol–water partition coefficient (Wildman–Crippen LogP) is 4.42. The van der Waals surface area contributed by atoms with Crippen molar-refractivity contribution >= 4 is 11.8 Å².